The average Bonchev–Trinajstić information content (AvgIpc) is 2.61. The fourth-order valence-corrected chi connectivity index (χ4v) is 2.09. The van der Waals surface area contributed by atoms with Gasteiger partial charge in [0.25, 0.3) is 0 Å². The van der Waals surface area contributed by atoms with Crippen LogP contribution in [-0.4, -0.2) is 13.2 Å². The minimum Gasteiger partial charge on any atom is -0.497 e. The summed E-state index contributed by atoms with van der Waals surface area (Å²) in [5.74, 6) is 2.38. The number of allylic oxidation sites excluding steroid dienone is 2. The number of hydrogen-bond acceptors (Lipinski definition) is 2. The lowest BCUT2D eigenvalue weighted by Crippen LogP contribution is -2.23. The number of ether oxygens (including phenoxy) is 2. The number of rotatable bonds is 1. The van der Waals surface area contributed by atoms with Gasteiger partial charge in [0.2, 0.25) is 0 Å². The Kier molecular flexibility index (Phi) is 2.61. The molecule has 0 aromatic heterocycles. The third-order valence-corrected chi connectivity index (χ3v) is 3.07. The summed E-state index contributed by atoms with van der Waals surface area (Å²) < 4.78 is 11.3. The predicted octanol–water partition coefficient (Wildman–Crippen LogP) is 3.42. The molecule has 88 valence electrons. The van der Waals surface area contributed by atoms with Crippen molar-refractivity contribution >= 4 is 0 Å². The zero-order valence-corrected chi connectivity index (χ0v) is 10.7. The van der Waals surface area contributed by atoms with Gasteiger partial charge >= 0.3 is 0 Å². The normalized spacial score (nSPS) is 28.7. The van der Waals surface area contributed by atoms with Gasteiger partial charge in [0.05, 0.1) is 7.11 Å². The topological polar surface area (TPSA) is 18.5 Å². The van der Waals surface area contributed by atoms with Gasteiger partial charge in [-0.2, -0.15) is 0 Å². The van der Waals surface area contributed by atoms with Gasteiger partial charge in [-0.3, -0.25) is 0 Å². The first-order valence-corrected chi connectivity index (χ1v) is 5.78. The Bertz CT molecular complexity index is 380. The van der Waals surface area contributed by atoms with Crippen LogP contribution in [0, 0.1) is 11.3 Å². The molecule has 0 radical (unpaired) electrons. The molecule has 0 saturated heterocycles. The first-order valence-electron chi connectivity index (χ1n) is 5.78. The molecule has 16 heavy (non-hydrogen) atoms. The Morgan fingerprint density at radius 2 is 1.94 bits per heavy atom. The van der Waals surface area contributed by atoms with Gasteiger partial charge in [-0.25, -0.2) is 0 Å². The lowest BCUT2D eigenvalue weighted by atomic mass is 9.91. The van der Waals surface area contributed by atoms with E-state index in [9.17, 15) is 0 Å². The summed E-state index contributed by atoms with van der Waals surface area (Å²) in [7, 11) is 1.71. The van der Waals surface area contributed by atoms with Crippen molar-refractivity contribution in [3.63, 3.8) is 0 Å². The molecule has 2 heteroatoms. The molecule has 2 unspecified atom stereocenters. The highest BCUT2D eigenvalue weighted by Crippen LogP contribution is 2.40. The molecule has 0 spiro atoms. The van der Waals surface area contributed by atoms with Crippen LogP contribution in [0.4, 0.5) is 0 Å². The summed E-state index contributed by atoms with van der Waals surface area (Å²) in [5, 5.41) is 0. The zero-order chi connectivity index (χ0) is 11.9. The van der Waals surface area contributed by atoms with Crippen LogP contribution in [0.3, 0.4) is 0 Å². The van der Waals surface area contributed by atoms with Crippen molar-refractivity contribution in [1.29, 1.82) is 0 Å². The molecule has 1 heterocycles. The van der Waals surface area contributed by atoms with Gasteiger partial charge in [0.15, 0.2) is 0 Å². The molecule has 1 aliphatic heterocycles. The molecular formula is C14H20O2. The van der Waals surface area contributed by atoms with Gasteiger partial charge in [-0.1, -0.05) is 27.7 Å². The Morgan fingerprint density at radius 1 is 1.25 bits per heavy atom. The highest BCUT2D eigenvalue weighted by molar-refractivity contribution is 5.41. The highest BCUT2D eigenvalue weighted by atomic mass is 16.5. The first kappa shape index (κ1) is 11.3. The Balaban J connectivity index is 2.30. The van der Waals surface area contributed by atoms with Crippen LogP contribution in [0.15, 0.2) is 35.3 Å². The molecule has 1 aliphatic carbocycles. The van der Waals surface area contributed by atoms with E-state index >= 15 is 0 Å². The van der Waals surface area contributed by atoms with Crippen LogP contribution in [0.2, 0.25) is 0 Å². The predicted molar refractivity (Wildman–Crippen MR) is 64.8 cm³/mol. The van der Waals surface area contributed by atoms with E-state index in [0.717, 1.165) is 11.5 Å². The molecular weight excluding hydrogens is 200 g/mol. The van der Waals surface area contributed by atoms with Gasteiger partial charge in [-0.15, -0.1) is 0 Å². The summed E-state index contributed by atoms with van der Waals surface area (Å²) in [6, 6.07) is 0. The van der Waals surface area contributed by atoms with Gasteiger partial charge in [0.1, 0.15) is 17.6 Å². The lowest BCUT2D eigenvalue weighted by molar-refractivity contribution is 0.0934. The Labute approximate surface area is 97.6 Å². The van der Waals surface area contributed by atoms with E-state index in [1.807, 2.05) is 0 Å². The van der Waals surface area contributed by atoms with Crippen molar-refractivity contribution < 1.29 is 9.47 Å². The van der Waals surface area contributed by atoms with E-state index in [2.05, 4.69) is 45.9 Å². The summed E-state index contributed by atoms with van der Waals surface area (Å²) in [6.45, 7) is 8.68. The second-order valence-corrected chi connectivity index (χ2v) is 5.57. The molecule has 2 atom stereocenters. The SMILES string of the molecule is COC1=CC(C)C2OC(C(C)(C)C)=CC2=C1. The van der Waals surface area contributed by atoms with Gasteiger partial charge in [0, 0.05) is 11.3 Å². The second-order valence-electron chi connectivity index (χ2n) is 5.57. The first-order chi connectivity index (χ1) is 7.41. The van der Waals surface area contributed by atoms with E-state index in [1.54, 1.807) is 7.11 Å². The highest BCUT2D eigenvalue weighted by Gasteiger charge is 2.35. The summed E-state index contributed by atoms with van der Waals surface area (Å²) in [6.07, 6.45) is 6.53. The van der Waals surface area contributed by atoms with Gasteiger partial charge in [-0.05, 0) is 23.8 Å². The molecule has 0 saturated carbocycles. The van der Waals surface area contributed by atoms with Crippen molar-refractivity contribution in [3.05, 3.63) is 35.3 Å². The van der Waals surface area contributed by atoms with Crippen LogP contribution in [0.5, 0.6) is 0 Å². The lowest BCUT2D eigenvalue weighted by Gasteiger charge is -2.26. The molecule has 0 N–H and O–H groups in total. The maximum Gasteiger partial charge on any atom is 0.130 e. The average molecular weight is 220 g/mol. The molecule has 2 nitrogen and oxygen atoms in total. The quantitative estimate of drug-likeness (QED) is 0.674. The van der Waals surface area contributed by atoms with Crippen LogP contribution in [0.1, 0.15) is 27.7 Å². The Morgan fingerprint density at radius 3 is 2.50 bits per heavy atom. The van der Waals surface area contributed by atoms with E-state index in [4.69, 9.17) is 9.47 Å². The second kappa shape index (κ2) is 3.69. The van der Waals surface area contributed by atoms with Crippen molar-refractivity contribution in [2.75, 3.05) is 7.11 Å². The fourth-order valence-electron chi connectivity index (χ4n) is 2.09. The third kappa shape index (κ3) is 1.89. The summed E-state index contributed by atoms with van der Waals surface area (Å²) in [4.78, 5) is 0. The number of hydrogen-bond donors (Lipinski definition) is 0. The molecule has 0 bridgehead atoms. The van der Waals surface area contributed by atoms with Crippen LogP contribution in [-0.2, 0) is 9.47 Å². The molecule has 0 aromatic rings. The van der Waals surface area contributed by atoms with Crippen molar-refractivity contribution in [3.8, 4) is 0 Å². The van der Waals surface area contributed by atoms with E-state index in [0.29, 0.717) is 5.92 Å². The smallest absolute Gasteiger partial charge is 0.130 e. The Hall–Kier alpha value is -1.18. The molecule has 0 fully saturated rings. The minimum absolute atomic E-state index is 0.0745. The number of methoxy groups -OCH3 is 1. The van der Waals surface area contributed by atoms with Crippen molar-refractivity contribution in [2.45, 2.75) is 33.8 Å². The minimum atomic E-state index is 0.0745. The zero-order valence-electron chi connectivity index (χ0n) is 10.7. The van der Waals surface area contributed by atoms with Crippen molar-refractivity contribution in [2.24, 2.45) is 11.3 Å². The largest absolute Gasteiger partial charge is 0.497 e. The molecule has 0 amide bonds. The fraction of sp³-hybridized carbons (Fsp3) is 0.571. The van der Waals surface area contributed by atoms with Crippen molar-refractivity contribution in [1.82, 2.24) is 0 Å². The molecule has 2 rings (SSSR count). The van der Waals surface area contributed by atoms with E-state index in [1.165, 1.54) is 5.57 Å². The molecule has 0 aromatic carbocycles. The summed E-state index contributed by atoms with van der Waals surface area (Å²) in [5.41, 5.74) is 1.31. The van der Waals surface area contributed by atoms with Crippen LogP contribution >= 0.6 is 0 Å². The summed E-state index contributed by atoms with van der Waals surface area (Å²) >= 11 is 0. The van der Waals surface area contributed by atoms with E-state index in [-0.39, 0.29) is 11.5 Å². The molecule has 2 aliphatic rings. The van der Waals surface area contributed by atoms with Crippen LogP contribution in [0.25, 0.3) is 0 Å². The monoisotopic (exact) mass is 220 g/mol. The van der Waals surface area contributed by atoms with Crippen LogP contribution < -0.4 is 0 Å². The maximum atomic E-state index is 6.03. The van der Waals surface area contributed by atoms with E-state index < -0.39 is 0 Å². The maximum absolute atomic E-state index is 6.03. The number of fused-ring (bicyclic) bond motifs is 1. The third-order valence-electron chi connectivity index (χ3n) is 3.07. The van der Waals surface area contributed by atoms with Gasteiger partial charge < -0.3 is 9.47 Å². The standard InChI is InChI=1S/C14H20O2/c1-9-6-11(15-5)7-10-8-12(14(2,3)4)16-13(9)10/h6-9,13H,1-5H3.